The van der Waals surface area contributed by atoms with Gasteiger partial charge < -0.3 is 10.1 Å². The number of aromatic nitrogens is 2. The Hall–Kier alpha value is -3.56. The van der Waals surface area contributed by atoms with Crippen LogP contribution in [0.25, 0.3) is 6.08 Å². The van der Waals surface area contributed by atoms with Crippen LogP contribution < -0.4 is 10.1 Å². The summed E-state index contributed by atoms with van der Waals surface area (Å²) in [5, 5.41) is 17.0. The van der Waals surface area contributed by atoms with E-state index in [9.17, 15) is 10.1 Å². The number of ether oxygens (including phenoxy) is 1. The number of nitrogens with one attached hydrogen (secondary N) is 1. The van der Waals surface area contributed by atoms with E-state index in [0.717, 1.165) is 5.56 Å². The second-order valence-electron chi connectivity index (χ2n) is 6.29. The van der Waals surface area contributed by atoms with Gasteiger partial charge in [0.15, 0.2) is 0 Å². The van der Waals surface area contributed by atoms with Crippen molar-refractivity contribution >= 4 is 29.3 Å². The van der Waals surface area contributed by atoms with Gasteiger partial charge in [-0.25, -0.2) is 4.68 Å². The number of methoxy groups -OCH3 is 1. The Balaban J connectivity index is 1.82. The van der Waals surface area contributed by atoms with E-state index >= 15 is 0 Å². The molecule has 29 heavy (non-hydrogen) atoms. The van der Waals surface area contributed by atoms with Crippen molar-refractivity contribution < 1.29 is 9.53 Å². The van der Waals surface area contributed by atoms with Crippen LogP contribution in [0.1, 0.15) is 16.8 Å². The van der Waals surface area contributed by atoms with Crippen molar-refractivity contribution in [1.82, 2.24) is 9.78 Å². The van der Waals surface area contributed by atoms with Crippen molar-refractivity contribution in [2.24, 2.45) is 0 Å². The maximum absolute atomic E-state index is 12.5. The monoisotopic (exact) mass is 406 g/mol. The first kappa shape index (κ1) is 20.2. The molecule has 0 aliphatic heterocycles. The Morgan fingerprint density at radius 1 is 1.24 bits per heavy atom. The van der Waals surface area contributed by atoms with Crippen LogP contribution in [0.15, 0.2) is 60.2 Å². The molecule has 2 aromatic carbocycles. The molecule has 0 saturated carbocycles. The average molecular weight is 407 g/mol. The predicted octanol–water partition coefficient (Wildman–Crippen LogP) is 4.45. The minimum Gasteiger partial charge on any atom is -0.497 e. The highest BCUT2D eigenvalue weighted by atomic mass is 35.5. The van der Waals surface area contributed by atoms with Crippen LogP contribution in [0.5, 0.6) is 5.75 Å². The zero-order valence-electron chi connectivity index (χ0n) is 16.0. The highest BCUT2D eigenvalue weighted by Gasteiger charge is 2.16. The third-order valence-electron chi connectivity index (χ3n) is 4.29. The Morgan fingerprint density at radius 2 is 1.93 bits per heavy atom. The molecule has 0 atom stereocenters. The number of hydrogen-bond acceptors (Lipinski definition) is 4. The molecule has 1 aromatic heterocycles. The highest BCUT2D eigenvalue weighted by molar-refractivity contribution is 6.31. The first-order valence-corrected chi connectivity index (χ1v) is 9.23. The van der Waals surface area contributed by atoms with E-state index in [1.807, 2.05) is 36.4 Å². The second kappa shape index (κ2) is 9.09. The normalized spacial score (nSPS) is 11.0. The molecular formula is C22H19ClN4O2. The maximum Gasteiger partial charge on any atom is 0.266 e. The zero-order chi connectivity index (χ0) is 20.8. The molecule has 1 amide bonds. The Labute approximate surface area is 174 Å². The van der Waals surface area contributed by atoms with Gasteiger partial charge in [0.1, 0.15) is 22.5 Å². The summed E-state index contributed by atoms with van der Waals surface area (Å²) in [6, 6.07) is 18.6. The lowest BCUT2D eigenvalue weighted by Crippen LogP contribution is -2.13. The topological polar surface area (TPSA) is 79.9 Å². The average Bonchev–Trinajstić information content (AvgIpc) is 3.00. The van der Waals surface area contributed by atoms with Gasteiger partial charge in [-0.3, -0.25) is 4.79 Å². The molecule has 1 heterocycles. The van der Waals surface area contributed by atoms with Gasteiger partial charge in [-0.05, 0) is 42.8 Å². The summed E-state index contributed by atoms with van der Waals surface area (Å²) in [6.45, 7) is 2.28. The molecule has 3 rings (SSSR count). The van der Waals surface area contributed by atoms with E-state index in [1.54, 1.807) is 43.0 Å². The molecule has 146 valence electrons. The SMILES string of the molecule is COc1ccc(NC(=O)/C(C#N)=C/c2c(C)nn(Cc3ccccc3)c2Cl)cc1. The summed E-state index contributed by atoms with van der Waals surface area (Å²) in [5.41, 5.74) is 2.72. The maximum atomic E-state index is 12.5. The van der Waals surface area contributed by atoms with Gasteiger partial charge in [0.05, 0.1) is 19.3 Å². The van der Waals surface area contributed by atoms with E-state index in [2.05, 4.69) is 10.4 Å². The lowest BCUT2D eigenvalue weighted by molar-refractivity contribution is -0.112. The van der Waals surface area contributed by atoms with Crippen molar-refractivity contribution in [1.29, 1.82) is 5.26 Å². The number of nitrogens with zero attached hydrogens (tertiary/aromatic N) is 3. The fourth-order valence-corrected chi connectivity index (χ4v) is 3.05. The number of amides is 1. The first-order valence-electron chi connectivity index (χ1n) is 8.86. The van der Waals surface area contributed by atoms with Crippen molar-refractivity contribution in [2.75, 3.05) is 12.4 Å². The van der Waals surface area contributed by atoms with Crippen molar-refractivity contribution in [3.8, 4) is 11.8 Å². The Morgan fingerprint density at radius 3 is 2.55 bits per heavy atom. The third-order valence-corrected chi connectivity index (χ3v) is 4.68. The largest absolute Gasteiger partial charge is 0.497 e. The van der Waals surface area contributed by atoms with Crippen molar-refractivity contribution in [2.45, 2.75) is 13.5 Å². The number of benzene rings is 2. The molecule has 0 unspecified atom stereocenters. The molecule has 7 heteroatoms. The smallest absolute Gasteiger partial charge is 0.266 e. The molecule has 0 bridgehead atoms. The molecule has 0 saturated heterocycles. The number of rotatable bonds is 6. The quantitative estimate of drug-likeness (QED) is 0.484. The van der Waals surface area contributed by atoms with Crippen LogP contribution in [-0.2, 0) is 11.3 Å². The van der Waals surface area contributed by atoms with Crippen LogP contribution in [0, 0.1) is 18.3 Å². The number of aryl methyl sites for hydroxylation is 1. The van der Waals surface area contributed by atoms with Gasteiger partial charge in [-0.2, -0.15) is 10.4 Å². The number of nitriles is 1. The van der Waals surface area contributed by atoms with Crippen molar-refractivity contribution in [3.05, 3.63) is 82.1 Å². The summed E-state index contributed by atoms with van der Waals surface area (Å²) in [4.78, 5) is 12.5. The van der Waals surface area contributed by atoms with Crippen molar-refractivity contribution in [3.63, 3.8) is 0 Å². The summed E-state index contributed by atoms with van der Waals surface area (Å²) >= 11 is 6.48. The standard InChI is InChI=1S/C22H19ClN4O2/c1-15-20(21(23)27(26-15)14-16-6-4-3-5-7-16)12-17(13-24)22(28)25-18-8-10-19(29-2)11-9-18/h3-12H,14H2,1-2H3,(H,25,28)/b17-12+. The van der Waals surface area contributed by atoms with Crippen LogP contribution in [-0.4, -0.2) is 22.8 Å². The van der Waals surface area contributed by atoms with Gasteiger partial charge in [0, 0.05) is 11.3 Å². The molecule has 0 aliphatic rings. The lowest BCUT2D eigenvalue weighted by atomic mass is 10.1. The predicted molar refractivity (Wildman–Crippen MR) is 113 cm³/mol. The molecular weight excluding hydrogens is 388 g/mol. The van der Waals surface area contributed by atoms with Crippen LogP contribution >= 0.6 is 11.6 Å². The Kier molecular flexibility index (Phi) is 6.32. The van der Waals surface area contributed by atoms with E-state index in [0.29, 0.717) is 34.4 Å². The fourth-order valence-electron chi connectivity index (χ4n) is 2.76. The first-order chi connectivity index (χ1) is 14.0. The summed E-state index contributed by atoms with van der Waals surface area (Å²) < 4.78 is 6.74. The van der Waals surface area contributed by atoms with Gasteiger partial charge in [0.2, 0.25) is 0 Å². The second-order valence-corrected chi connectivity index (χ2v) is 6.64. The summed E-state index contributed by atoms with van der Waals surface area (Å²) in [7, 11) is 1.56. The summed E-state index contributed by atoms with van der Waals surface area (Å²) in [5.74, 6) is 0.149. The number of halogens is 1. The zero-order valence-corrected chi connectivity index (χ0v) is 16.8. The van der Waals surface area contributed by atoms with E-state index in [-0.39, 0.29) is 5.57 Å². The fraction of sp³-hybridized carbons (Fsp3) is 0.136. The van der Waals surface area contributed by atoms with Gasteiger partial charge in [0.25, 0.3) is 5.91 Å². The molecule has 0 aliphatic carbocycles. The minimum atomic E-state index is -0.524. The molecule has 6 nitrogen and oxygen atoms in total. The van der Waals surface area contributed by atoms with Crippen LogP contribution in [0.2, 0.25) is 5.15 Å². The highest BCUT2D eigenvalue weighted by Crippen LogP contribution is 2.24. The molecule has 0 radical (unpaired) electrons. The van der Waals surface area contributed by atoms with Gasteiger partial charge in [-0.1, -0.05) is 41.9 Å². The van der Waals surface area contributed by atoms with Gasteiger partial charge >= 0.3 is 0 Å². The lowest BCUT2D eigenvalue weighted by Gasteiger charge is -2.06. The third kappa shape index (κ3) is 4.84. The van der Waals surface area contributed by atoms with Crippen LogP contribution in [0.3, 0.4) is 0 Å². The summed E-state index contributed by atoms with van der Waals surface area (Å²) in [6.07, 6.45) is 1.46. The number of hydrogen-bond donors (Lipinski definition) is 1. The van der Waals surface area contributed by atoms with Gasteiger partial charge in [-0.15, -0.1) is 0 Å². The number of carbonyl (C=O) groups excluding carboxylic acids is 1. The van der Waals surface area contributed by atoms with E-state index < -0.39 is 5.91 Å². The Bertz CT molecular complexity index is 1080. The molecule has 0 fully saturated rings. The molecule has 3 aromatic rings. The number of carbonyl (C=O) groups is 1. The van der Waals surface area contributed by atoms with Crippen LogP contribution in [0.4, 0.5) is 5.69 Å². The molecule has 0 spiro atoms. The molecule has 1 N–H and O–H groups in total. The minimum absolute atomic E-state index is 0.0647. The van der Waals surface area contributed by atoms with E-state index in [4.69, 9.17) is 16.3 Å². The van der Waals surface area contributed by atoms with E-state index in [1.165, 1.54) is 6.08 Å². The number of anilines is 1.